The summed E-state index contributed by atoms with van der Waals surface area (Å²) in [5.74, 6) is -2.76. The number of allylic oxidation sites excluding steroid dienone is 8. The van der Waals surface area contributed by atoms with Crippen LogP contribution in [0.4, 0.5) is 0 Å². The summed E-state index contributed by atoms with van der Waals surface area (Å²) in [6, 6.07) is 0. The van der Waals surface area contributed by atoms with Gasteiger partial charge in [0.2, 0.25) is 0 Å². The molecule has 342 valence electrons. The number of esters is 4. The van der Waals surface area contributed by atoms with Gasteiger partial charge in [-0.2, -0.15) is 0 Å². The third-order valence-corrected chi connectivity index (χ3v) is 5.89. The smallest absolute Gasteiger partial charge is 1.00 e. The number of ether oxygens (including phenoxy) is 3. The minimum atomic E-state index is -1.09. The van der Waals surface area contributed by atoms with E-state index in [1.165, 1.54) is 19.3 Å². The Hall–Kier alpha value is -1.24. The molecule has 0 aliphatic heterocycles. The van der Waals surface area contributed by atoms with Gasteiger partial charge in [-0.15, -0.1) is 0 Å². The molecule has 15 nitrogen and oxygen atoms in total. The molecule has 0 aromatic carbocycles. The zero-order valence-electron chi connectivity index (χ0n) is 41.9. The molecular weight excluding hydrogens is 870 g/mol. The summed E-state index contributed by atoms with van der Waals surface area (Å²) in [4.78, 5) is 74.1. The van der Waals surface area contributed by atoms with Gasteiger partial charge in [-0.25, -0.2) is 19.2 Å². The number of aliphatic hydroxyl groups excluding tert-OH is 2. The molecule has 0 unspecified atom stereocenters. The number of aliphatic carboxylic acids is 1. The van der Waals surface area contributed by atoms with Gasteiger partial charge in [0, 0.05) is 28.7 Å². The molecule has 0 radical (unpaired) electrons. The summed E-state index contributed by atoms with van der Waals surface area (Å²) in [6.45, 7) is 27.0. The predicted molar refractivity (Wildman–Crippen MR) is 228 cm³/mol. The van der Waals surface area contributed by atoms with Crippen LogP contribution in [-0.2, 0) is 52.7 Å². The van der Waals surface area contributed by atoms with Crippen molar-refractivity contribution in [3.8, 4) is 0 Å². The van der Waals surface area contributed by atoms with Crippen molar-refractivity contribution in [3.63, 3.8) is 0 Å². The number of carbonyl (C=O) groups excluding carboxylic acids is 7. The molecule has 2 N–H and O–H groups in total. The summed E-state index contributed by atoms with van der Waals surface area (Å²) in [5, 5.41) is 34.1. The van der Waals surface area contributed by atoms with Crippen molar-refractivity contribution in [3.05, 3.63) is 94.9 Å². The van der Waals surface area contributed by atoms with Crippen LogP contribution >= 0.6 is 0 Å². The van der Waals surface area contributed by atoms with Crippen LogP contribution in [0.3, 0.4) is 0 Å². The maximum Gasteiger partial charge on any atom is 1.00 e. The largest absolute Gasteiger partial charge is 1.00 e. The van der Waals surface area contributed by atoms with E-state index in [0.717, 1.165) is 19.1 Å². The molecule has 0 amide bonds. The van der Waals surface area contributed by atoms with Crippen molar-refractivity contribution in [2.24, 2.45) is 0 Å². The van der Waals surface area contributed by atoms with Crippen LogP contribution in [0.15, 0.2) is 94.9 Å². The Morgan fingerprint density at radius 3 is 1.11 bits per heavy atom. The molecule has 0 bridgehead atoms. The molecule has 0 rings (SSSR count). The van der Waals surface area contributed by atoms with Crippen LogP contribution in [0.1, 0.15) is 125 Å². The second kappa shape index (κ2) is 77.0. The van der Waals surface area contributed by atoms with E-state index in [1.54, 1.807) is 117 Å². The minimum absolute atomic E-state index is 0. The number of carboxylic acids is 1. The molecule has 0 saturated carbocycles. The van der Waals surface area contributed by atoms with Gasteiger partial charge in [-0.05, 0) is 102 Å². The van der Waals surface area contributed by atoms with E-state index in [1.807, 2.05) is 27.7 Å². The van der Waals surface area contributed by atoms with Crippen LogP contribution in [0.5, 0.6) is 0 Å². The van der Waals surface area contributed by atoms with E-state index in [4.69, 9.17) is 25.0 Å². The van der Waals surface area contributed by atoms with E-state index in [-0.39, 0.29) is 171 Å². The topological polar surface area (TPSA) is 243 Å². The van der Waals surface area contributed by atoms with Crippen molar-refractivity contribution in [2.45, 2.75) is 123 Å². The van der Waals surface area contributed by atoms with E-state index < -0.39 is 17.9 Å². The number of rotatable bonds is 13. The number of carbonyl (C=O) groups is 7. The van der Waals surface area contributed by atoms with Gasteiger partial charge >= 0.3 is 156 Å². The minimum Gasteiger partial charge on any atom is -1.00 e. The van der Waals surface area contributed by atoms with Crippen molar-refractivity contribution < 1.29 is 207 Å². The Balaban J connectivity index is -0.0000000484. The monoisotopic (exact) mass is 942 g/mol. The average Bonchev–Trinajstić information content (AvgIpc) is 3.25. The van der Waals surface area contributed by atoms with Gasteiger partial charge in [0.15, 0.2) is 0 Å². The van der Waals surface area contributed by atoms with Crippen LogP contribution < -0.4 is 143 Å². The third kappa shape index (κ3) is 85.9. The Kier molecular flexibility index (Phi) is 109. The summed E-state index contributed by atoms with van der Waals surface area (Å²) in [5.41, 5.74) is 2.44. The van der Waals surface area contributed by atoms with Crippen LogP contribution in [0, 0.1) is 0 Å². The fraction of sp³-hybridized carbons (Fsp3) is 0.477. The molecule has 62 heavy (non-hydrogen) atoms. The molecule has 18 heteroatoms. The van der Waals surface area contributed by atoms with Gasteiger partial charge < -0.3 is 50.7 Å². The Bertz CT molecular complexity index is 1310. The molecule has 0 aliphatic carbocycles. The van der Waals surface area contributed by atoms with E-state index in [2.05, 4.69) is 21.3 Å². The molecule has 0 fully saturated rings. The molecule has 0 spiro atoms. The number of unbranched alkanes of at least 4 members (excludes halogenated alkanes) is 1. The number of carboxylic acid groups (broad SMARTS) is 1. The summed E-state index contributed by atoms with van der Waals surface area (Å²) in [7, 11) is 0. The van der Waals surface area contributed by atoms with Crippen molar-refractivity contribution in [2.75, 3.05) is 19.8 Å². The number of aliphatic hydroxyl groups is 2. The molecule has 0 aromatic rings. The van der Waals surface area contributed by atoms with E-state index in [9.17, 15) is 33.9 Å². The van der Waals surface area contributed by atoms with Gasteiger partial charge in [0.1, 0.15) is 6.29 Å². The molecule has 0 saturated heterocycles. The second-order valence-corrected chi connectivity index (χ2v) is 10.5. The summed E-state index contributed by atoms with van der Waals surface area (Å²) >= 11 is 0. The average molecular weight is 943 g/mol. The zero-order chi connectivity index (χ0) is 48.0. The van der Waals surface area contributed by atoms with Gasteiger partial charge in [-0.3, -0.25) is 4.79 Å². The summed E-state index contributed by atoms with van der Waals surface area (Å²) < 4.78 is 14.1. The Morgan fingerprint density at radius 2 is 0.919 bits per heavy atom. The number of hydrogen-bond donors (Lipinski definition) is 2. The maximum absolute atomic E-state index is 11.1. The molecular formula is C44H73K2NaO15. The third-order valence-electron chi connectivity index (χ3n) is 5.89. The molecule has 0 atom stereocenters. The van der Waals surface area contributed by atoms with Crippen LogP contribution in [-0.4, -0.2) is 72.6 Å². The molecule has 0 aliphatic rings. The molecule has 0 aromatic heterocycles. The number of hydrogen-bond acceptors (Lipinski definition) is 15. The summed E-state index contributed by atoms with van der Waals surface area (Å²) in [6.07, 6.45) is 21.7. The second-order valence-electron chi connectivity index (χ2n) is 10.5. The standard InChI is InChI=1S/C10H14O3.C9H16O2.C8H12O2.C5H8O2.2C4H8O.C3H6O.CH2O3.2K.Na.H/c1-5-7(3)9(11)13-10(12)8(4)6-2;1-4-6-7-11-9(10)8(3)5-2;1-4-6-10-8(9)7(3)5-2;1-3-4(2)5(6)7;2*1-2-3-4-5;1-2-3-4;2-1-4-3;;;;/h5-6H,1-4H3;5H,4,6-7H2,1-3H3;4-6H,1-3H3;3H,1-2H3,(H,6,7);2*2-3,5H,4H2,1H3;3H,2H2,1H3;1,3H;;;;/q;;;;;;;;3*+1;-1/p-2/b7-5+,8-6+;8-5+;6-4+,7-5+;4-3+;2*3-2+;;;;;;. The normalized spacial score (nSPS) is 10.3. The predicted octanol–water partition coefficient (Wildman–Crippen LogP) is -2.72. The first-order valence-electron chi connectivity index (χ1n) is 18.5. The van der Waals surface area contributed by atoms with E-state index >= 15 is 0 Å². The maximum atomic E-state index is 11.1. The van der Waals surface area contributed by atoms with Crippen LogP contribution in [0.25, 0.3) is 0 Å². The van der Waals surface area contributed by atoms with E-state index in [0.29, 0.717) is 35.3 Å². The number of aldehydes is 1. The molecule has 0 heterocycles. The zero-order valence-corrected chi connectivity index (χ0v) is 49.2. The quantitative estimate of drug-likeness (QED) is 0.0163. The first-order chi connectivity index (χ1) is 27.8. The fourth-order valence-electron chi connectivity index (χ4n) is 1.69. The Morgan fingerprint density at radius 1 is 0.597 bits per heavy atom. The van der Waals surface area contributed by atoms with Crippen LogP contribution in [0.2, 0.25) is 0 Å². The first-order valence-corrected chi connectivity index (χ1v) is 18.5. The SMILES string of the molecule is C/C=C(\C)C(=O)OC(=O)/C(C)=C/C.C/C=C(\C)C(=O)OCCCC.C/C=C(\C)C(=O)[O-].C/C=C/CO.C/C=C/CO.C/C=C/OC(=O)/C(C)=C/C.CCC=O.O=CO[O-].[H-].[K+].[K+].[Na+]. The van der Waals surface area contributed by atoms with Gasteiger partial charge in [0.25, 0.3) is 6.47 Å². The van der Waals surface area contributed by atoms with Crippen molar-refractivity contribution >= 4 is 42.6 Å². The Labute approximate surface area is 480 Å². The van der Waals surface area contributed by atoms with Gasteiger partial charge in [0.05, 0.1) is 32.1 Å². The van der Waals surface area contributed by atoms with Crippen molar-refractivity contribution in [1.82, 2.24) is 0 Å². The fourth-order valence-corrected chi connectivity index (χ4v) is 1.69. The van der Waals surface area contributed by atoms with Gasteiger partial charge in [-0.1, -0.05) is 81.0 Å². The van der Waals surface area contributed by atoms with Crippen molar-refractivity contribution in [1.29, 1.82) is 0 Å². The first kappa shape index (κ1) is 87.6.